The quantitative estimate of drug-likeness (QED) is 0.126. The lowest BCUT2D eigenvalue weighted by molar-refractivity contribution is -0.384. The minimum atomic E-state index is -0.555. The van der Waals surface area contributed by atoms with Crippen LogP contribution in [0.3, 0.4) is 0 Å². The second-order valence-corrected chi connectivity index (χ2v) is 10.6. The van der Waals surface area contributed by atoms with Crippen molar-refractivity contribution in [3.05, 3.63) is 115 Å². The second-order valence-electron chi connectivity index (χ2n) is 10.1. The number of aromatic nitrogens is 2. The summed E-state index contributed by atoms with van der Waals surface area (Å²) in [5.41, 5.74) is 2.41. The lowest BCUT2D eigenvalue weighted by Gasteiger charge is -2.30. The lowest BCUT2D eigenvalue weighted by atomic mass is 10.1. The van der Waals surface area contributed by atoms with Crippen LogP contribution in [-0.2, 0) is 4.79 Å². The number of carbonyl (C=O) groups is 1. The Hall–Kier alpha value is -4.30. The Labute approximate surface area is 237 Å². The number of para-hydroxylation sites is 1. The van der Waals surface area contributed by atoms with Crippen molar-refractivity contribution in [2.24, 2.45) is 5.92 Å². The molecular weight excluding hydrogens is 528 g/mol. The molecule has 1 amide bonds. The Morgan fingerprint density at radius 3 is 2.45 bits per heavy atom. The molecule has 0 bridgehead atoms. The van der Waals surface area contributed by atoms with Gasteiger partial charge in [0.25, 0.3) is 11.2 Å². The van der Waals surface area contributed by atoms with Crippen molar-refractivity contribution < 1.29 is 9.72 Å². The van der Waals surface area contributed by atoms with Crippen LogP contribution in [0.15, 0.2) is 77.6 Å². The molecule has 1 heterocycles. The molecule has 0 spiro atoms. The van der Waals surface area contributed by atoms with Crippen LogP contribution < -0.4 is 5.56 Å². The second kappa shape index (κ2) is 12.3. The van der Waals surface area contributed by atoms with Crippen LogP contribution in [0.2, 0.25) is 5.02 Å². The maximum atomic E-state index is 13.9. The van der Waals surface area contributed by atoms with Crippen LogP contribution >= 0.6 is 11.6 Å². The zero-order valence-corrected chi connectivity index (χ0v) is 23.6. The fourth-order valence-electron chi connectivity index (χ4n) is 4.53. The summed E-state index contributed by atoms with van der Waals surface area (Å²) >= 11 is 6.22. The fourth-order valence-corrected chi connectivity index (χ4v) is 4.76. The van der Waals surface area contributed by atoms with Gasteiger partial charge in [-0.1, -0.05) is 37.6 Å². The molecule has 1 unspecified atom stereocenters. The van der Waals surface area contributed by atoms with Gasteiger partial charge in [0.1, 0.15) is 5.82 Å². The molecule has 40 heavy (non-hydrogen) atoms. The Bertz CT molecular complexity index is 1640. The number of nitro benzene ring substituents is 1. The number of hydrogen-bond acceptors (Lipinski definition) is 5. The third kappa shape index (κ3) is 6.29. The van der Waals surface area contributed by atoms with E-state index in [1.54, 1.807) is 64.1 Å². The average Bonchev–Trinajstić information content (AvgIpc) is 2.92. The number of amides is 1. The van der Waals surface area contributed by atoms with Gasteiger partial charge in [0.15, 0.2) is 0 Å². The molecule has 0 N–H and O–H groups in total. The van der Waals surface area contributed by atoms with E-state index in [1.165, 1.54) is 18.2 Å². The van der Waals surface area contributed by atoms with Crippen molar-refractivity contribution in [2.45, 2.75) is 40.2 Å². The summed E-state index contributed by atoms with van der Waals surface area (Å²) in [7, 11) is 0. The average molecular weight is 559 g/mol. The smallest absolute Gasteiger partial charge is 0.269 e. The molecule has 4 aromatic rings. The van der Waals surface area contributed by atoms with E-state index >= 15 is 0 Å². The molecule has 0 radical (unpaired) electrons. The molecule has 0 saturated carbocycles. The number of nitrogens with zero attached hydrogens (tertiary/aromatic N) is 4. The summed E-state index contributed by atoms with van der Waals surface area (Å²) < 4.78 is 1.58. The zero-order chi connectivity index (χ0) is 29.0. The van der Waals surface area contributed by atoms with Gasteiger partial charge in [-0.05, 0) is 85.9 Å². The highest BCUT2D eigenvalue weighted by Crippen LogP contribution is 2.27. The number of halogens is 1. The number of nitro groups is 1. The number of aryl methyl sites for hydroxylation is 1. The van der Waals surface area contributed by atoms with Gasteiger partial charge in [-0.25, -0.2) is 4.98 Å². The summed E-state index contributed by atoms with van der Waals surface area (Å²) in [4.78, 5) is 44.6. The van der Waals surface area contributed by atoms with Gasteiger partial charge in [0.2, 0.25) is 5.91 Å². The topological polar surface area (TPSA) is 98.3 Å². The number of benzene rings is 3. The number of fused-ring (bicyclic) bond motifs is 1. The van der Waals surface area contributed by atoms with Gasteiger partial charge in [0, 0.05) is 29.8 Å². The predicted octanol–water partition coefficient (Wildman–Crippen LogP) is 6.90. The lowest BCUT2D eigenvalue weighted by Crippen LogP contribution is -2.37. The Balaban J connectivity index is 1.80. The van der Waals surface area contributed by atoms with Crippen LogP contribution in [0.5, 0.6) is 0 Å². The zero-order valence-electron chi connectivity index (χ0n) is 22.9. The van der Waals surface area contributed by atoms with Gasteiger partial charge in [-0.15, -0.1) is 0 Å². The van der Waals surface area contributed by atoms with Gasteiger partial charge < -0.3 is 4.90 Å². The highest BCUT2D eigenvalue weighted by molar-refractivity contribution is 6.30. The third-order valence-corrected chi connectivity index (χ3v) is 7.03. The number of hydrogen-bond donors (Lipinski definition) is 0. The highest BCUT2D eigenvalue weighted by Gasteiger charge is 2.26. The molecule has 0 aliphatic rings. The van der Waals surface area contributed by atoms with Gasteiger partial charge in [0.05, 0.1) is 27.6 Å². The van der Waals surface area contributed by atoms with Crippen molar-refractivity contribution in [1.82, 2.24) is 14.5 Å². The third-order valence-electron chi connectivity index (χ3n) is 6.80. The highest BCUT2D eigenvalue weighted by atomic mass is 35.5. The standard InChI is InChI=1S/C31H31ClN4O4/c1-20(2)17-18-34(29(37)16-11-23-9-13-25(14-10-23)36(39)40)22(4)30-33-27-8-6-5-7-26(27)31(38)35(30)28-15-12-24(32)19-21(28)3/h5-16,19-20,22H,17-18H2,1-4H3/b16-11+. The molecule has 0 aliphatic carbocycles. The first-order chi connectivity index (χ1) is 19.1. The summed E-state index contributed by atoms with van der Waals surface area (Å²) in [6, 6.07) is 17.9. The molecule has 8 nitrogen and oxygen atoms in total. The van der Waals surface area contributed by atoms with E-state index in [4.69, 9.17) is 16.6 Å². The van der Waals surface area contributed by atoms with Crippen LogP contribution in [0, 0.1) is 23.0 Å². The molecule has 9 heteroatoms. The maximum Gasteiger partial charge on any atom is 0.269 e. The minimum Gasteiger partial charge on any atom is -0.329 e. The summed E-state index contributed by atoms with van der Waals surface area (Å²) in [5.74, 6) is 0.523. The van der Waals surface area contributed by atoms with Crippen LogP contribution in [0.4, 0.5) is 5.69 Å². The first-order valence-corrected chi connectivity index (χ1v) is 13.5. The van der Waals surface area contributed by atoms with Gasteiger partial charge >= 0.3 is 0 Å². The van der Waals surface area contributed by atoms with E-state index in [-0.39, 0.29) is 17.2 Å². The van der Waals surface area contributed by atoms with E-state index < -0.39 is 11.0 Å². The van der Waals surface area contributed by atoms with Crippen molar-refractivity contribution in [1.29, 1.82) is 0 Å². The van der Waals surface area contributed by atoms with Crippen molar-refractivity contribution in [2.75, 3.05) is 6.54 Å². The van der Waals surface area contributed by atoms with Crippen LogP contribution in [0.1, 0.15) is 50.2 Å². The fraction of sp³-hybridized carbons (Fsp3) is 0.258. The van der Waals surface area contributed by atoms with E-state index in [0.29, 0.717) is 45.5 Å². The first kappa shape index (κ1) is 28.7. The molecule has 0 saturated heterocycles. The van der Waals surface area contributed by atoms with E-state index in [9.17, 15) is 19.7 Å². The van der Waals surface area contributed by atoms with Crippen LogP contribution in [-0.4, -0.2) is 31.8 Å². The van der Waals surface area contributed by atoms with E-state index in [1.807, 2.05) is 19.9 Å². The normalized spacial score (nSPS) is 12.2. The number of carbonyl (C=O) groups excluding carboxylic acids is 1. The first-order valence-electron chi connectivity index (χ1n) is 13.1. The summed E-state index contributed by atoms with van der Waals surface area (Å²) in [6.07, 6.45) is 3.83. The number of non-ortho nitro benzene ring substituents is 1. The Kier molecular flexibility index (Phi) is 8.80. The SMILES string of the molecule is Cc1cc(Cl)ccc1-n1c(C(C)N(CCC(C)C)C(=O)/C=C/c2ccc([N+](=O)[O-])cc2)nc2ccccc2c1=O. The van der Waals surface area contributed by atoms with Crippen molar-refractivity contribution in [3.63, 3.8) is 0 Å². The Morgan fingerprint density at radius 1 is 1.10 bits per heavy atom. The monoisotopic (exact) mass is 558 g/mol. The molecule has 0 aliphatic heterocycles. The summed E-state index contributed by atoms with van der Waals surface area (Å²) in [5, 5.41) is 12.0. The molecular formula is C31H31ClN4O4. The largest absolute Gasteiger partial charge is 0.329 e. The predicted molar refractivity (Wildman–Crippen MR) is 159 cm³/mol. The molecule has 206 valence electrons. The molecule has 3 aromatic carbocycles. The van der Waals surface area contributed by atoms with Crippen molar-refractivity contribution in [3.8, 4) is 5.69 Å². The molecule has 1 aromatic heterocycles. The number of rotatable bonds is 9. The molecule has 0 fully saturated rings. The van der Waals surface area contributed by atoms with Crippen LogP contribution in [0.25, 0.3) is 22.7 Å². The van der Waals surface area contributed by atoms with E-state index in [0.717, 1.165) is 12.0 Å². The summed E-state index contributed by atoms with van der Waals surface area (Å²) in [6.45, 7) is 8.37. The Morgan fingerprint density at radius 2 is 1.80 bits per heavy atom. The molecule has 1 atom stereocenters. The van der Waals surface area contributed by atoms with Gasteiger partial charge in [-0.3, -0.25) is 24.3 Å². The minimum absolute atomic E-state index is 0.0199. The molecule has 4 rings (SSSR count). The van der Waals surface area contributed by atoms with Gasteiger partial charge in [-0.2, -0.15) is 0 Å². The van der Waals surface area contributed by atoms with Crippen molar-refractivity contribution >= 4 is 40.2 Å². The van der Waals surface area contributed by atoms with E-state index in [2.05, 4.69) is 13.8 Å². The maximum absolute atomic E-state index is 13.9.